The fourth-order valence-electron chi connectivity index (χ4n) is 4.36. The Labute approximate surface area is 234 Å². The second kappa shape index (κ2) is 20.7. The number of unbranched alkanes of at least 4 members (excludes halogenated alkanes) is 10. The fourth-order valence-corrected chi connectivity index (χ4v) is 4.94. The molecule has 0 radical (unpaired) electrons. The van der Waals surface area contributed by atoms with Crippen LogP contribution in [0.3, 0.4) is 0 Å². The van der Waals surface area contributed by atoms with Crippen LogP contribution in [0, 0.1) is 0 Å². The van der Waals surface area contributed by atoms with Gasteiger partial charge < -0.3 is 14.8 Å². The number of ketones is 1. The zero-order valence-corrected chi connectivity index (χ0v) is 24.8. The summed E-state index contributed by atoms with van der Waals surface area (Å²) in [5.41, 5.74) is 0. The van der Waals surface area contributed by atoms with Crippen LogP contribution in [0.2, 0.25) is 0 Å². The van der Waals surface area contributed by atoms with E-state index in [1.54, 1.807) is 9.48 Å². The molecule has 1 aliphatic rings. The van der Waals surface area contributed by atoms with E-state index in [0.29, 0.717) is 31.9 Å². The van der Waals surface area contributed by atoms with E-state index in [0.717, 1.165) is 19.3 Å². The molecule has 0 amide bonds. The molecular formula is C25H46N2NaO6S+. The van der Waals surface area contributed by atoms with Crippen LogP contribution in [0.5, 0.6) is 0 Å². The molecule has 198 valence electrons. The molecule has 10 heteroatoms. The van der Waals surface area contributed by atoms with Gasteiger partial charge in [0.2, 0.25) is 5.78 Å². The van der Waals surface area contributed by atoms with Crippen molar-refractivity contribution >= 4 is 21.7 Å². The Hall–Kier alpha value is -0.290. The molecule has 0 saturated heterocycles. The minimum Gasteiger partial charge on any atom is -0.748 e. The molecule has 1 rings (SSSR count). The quantitative estimate of drug-likeness (QED) is 0.0702. The van der Waals surface area contributed by atoms with Crippen LogP contribution < -0.4 is 29.6 Å². The number of allylic oxidation sites excluding steroid dienone is 2. The van der Waals surface area contributed by atoms with Crippen LogP contribution in [0.25, 0.3) is 0 Å². The zero-order chi connectivity index (χ0) is 25.2. The van der Waals surface area contributed by atoms with Crippen molar-refractivity contribution in [3.05, 3.63) is 12.2 Å². The summed E-state index contributed by atoms with van der Waals surface area (Å²) >= 11 is 0. The maximum absolute atomic E-state index is 12.9. The van der Waals surface area contributed by atoms with E-state index < -0.39 is 22.0 Å². The Bertz CT molecular complexity index is 742. The first-order valence-electron chi connectivity index (χ1n) is 13.1. The average Bonchev–Trinajstić information content (AvgIpc) is 3.14. The SMILES string of the molecule is CCC/C=C/CCCCCCCCCCCC(=O)C1=[N+](CC(O)CS(=O)(=O)[O-])CCN1CCO.[Na+]. The summed E-state index contributed by atoms with van der Waals surface area (Å²) in [6.07, 6.45) is 17.6. The van der Waals surface area contributed by atoms with Gasteiger partial charge in [-0.2, -0.15) is 0 Å². The number of carbonyl (C=O) groups excluding carboxylic acids is 1. The van der Waals surface area contributed by atoms with Crippen molar-refractivity contribution in [2.24, 2.45) is 0 Å². The van der Waals surface area contributed by atoms with Crippen molar-refractivity contribution in [3.8, 4) is 0 Å². The van der Waals surface area contributed by atoms with E-state index in [4.69, 9.17) is 0 Å². The second-order valence-electron chi connectivity index (χ2n) is 9.26. The predicted octanol–water partition coefficient (Wildman–Crippen LogP) is -0.168. The number of β-amino-alcohol motifs (C(OH)–C–C–N with tert-alkyl or cyclic N) is 2. The molecule has 0 spiro atoms. The molecule has 0 bridgehead atoms. The summed E-state index contributed by atoms with van der Waals surface area (Å²) in [6, 6.07) is 0. The number of hydrogen-bond acceptors (Lipinski definition) is 7. The van der Waals surface area contributed by atoms with Gasteiger partial charge in [-0.15, -0.1) is 0 Å². The van der Waals surface area contributed by atoms with Crippen LogP contribution >= 0.6 is 0 Å². The summed E-state index contributed by atoms with van der Waals surface area (Å²) in [7, 11) is -4.54. The Balaban J connectivity index is 0.0000116. The minimum absolute atomic E-state index is 0. The number of aliphatic hydroxyl groups is 2. The Morgan fingerprint density at radius 3 is 2.20 bits per heavy atom. The maximum Gasteiger partial charge on any atom is 1.00 e. The Morgan fingerprint density at radius 1 is 1.06 bits per heavy atom. The third-order valence-corrected chi connectivity index (χ3v) is 6.88. The number of aliphatic hydroxyl groups excluding tert-OH is 2. The molecule has 8 nitrogen and oxygen atoms in total. The number of Topliss-reactive ketones (excluding diaryl/α,β-unsaturated/α-hetero) is 1. The van der Waals surface area contributed by atoms with E-state index in [-0.39, 0.29) is 48.5 Å². The van der Waals surface area contributed by atoms with E-state index in [9.17, 15) is 28.0 Å². The van der Waals surface area contributed by atoms with Crippen molar-refractivity contribution in [1.29, 1.82) is 0 Å². The molecule has 1 unspecified atom stereocenters. The van der Waals surface area contributed by atoms with Crippen molar-refractivity contribution in [3.63, 3.8) is 0 Å². The first-order valence-corrected chi connectivity index (χ1v) is 14.6. The van der Waals surface area contributed by atoms with Gasteiger partial charge in [0.05, 0.1) is 22.5 Å². The first-order chi connectivity index (χ1) is 16.3. The van der Waals surface area contributed by atoms with E-state index in [1.807, 2.05) is 0 Å². The van der Waals surface area contributed by atoms with Gasteiger partial charge >= 0.3 is 35.4 Å². The molecule has 0 saturated carbocycles. The van der Waals surface area contributed by atoms with Crippen molar-refractivity contribution in [2.75, 3.05) is 38.5 Å². The number of hydrogen-bond donors (Lipinski definition) is 2. The Kier molecular flexibility index (Phi) is 20.6. The molecule has 0 aromatic heterocycles. The number of amidine groups is 1. The van der Waals surface area contributed by atoms with E-state index in [2.05, 4.69) is 19.1 Å². The minimum atomic E-state index is -4.54. The molecule has 1 heterocycles. The van der Waals surface area contributed by atoms with Crippen LogP contribution in [0.1, 0.15) is 90.4 Å². The first kappa shape index (κ1) is 34.7. The molecular weight excluding hydrogens is 479 g/mol. The van der Waals surface area contributed by atoms with Gasteiger partial charge in [0, 0.05) is 6.42 Å². The van der Waals surface area contributed by atoms with Gasteiger partial charge in [-0.05, 0) is 25.7 Å². The predicted molar refractivity (Wildman–Crippen MR) is 134 cm³/mol. The third kappa shape index (κ3) is 17.0. The van der Waals surface area contributed by atoms with Gasteiger partial charge in [-0.1, -0.05) is 70.4 Å². The van der Waals surface area contributed by atoms with Gasteiger partial charge in [0.15, 0.2) is 0 Å². The average molecular weight is 526 g/mol. The van der Waals surface area contributed by atoms with Crippen LogP contribution in [-0.2, 0) is 14.9 Å². The van der Waals surface area contributed by atoms with Gasteiger partial charge in [-0.25, -0.2) is 8.42 Å². The standard InChI is InChI=1S/C25H46N2O6S.Na/c1-2-3-4-5-6-7-8-9-10-11-12-13-14-15-16-24(30)25-26(19-20-28)17-18-27(25)21-23(29)22-34(31,32)33;/h4-5,23,28-29H,2-3,6-22H2,1H3;/q;+1/b5-4+;. The van der Waals surface area contributed by atoms with E-state index >= 15 is 0 Å². The molecule has 0 fully saturated rings. The second-order valence-corrected chi connectivity index (χ2v) is 10.7. The van der Waals surface area contributed by atoms with Crippen LogP contribution in [0.4, 0.5) is 0 Å². The Morgan fingerprint density at radius 2 is 1.63 bits per heavy atom. The maximum atomic E-state index is 12.9. The topological polar surface area (TPSA) is 121 Å². The van der Waals surface area contributed by atoms with Crippen LogP contribution in [-0.4, -0.2) is 88.9 Å². The molecule has 35 heavy (non-hydrogen) atoms. The number of rotatable bonds is 21. The van der Waals surface area contributed by atoms with Crippen molar-refractivity contribution in [2.45, 2.75) is 96.5 Å². The van der Waals surface area contributed by atoms with E-state index in [1.165, 1.54) is 57.8 Å². The summed E-state index contributed by atoms with van der Waals surface area (Å²) < 4.78 is 34.4. The van der Waals surface area contributed by atoms with Gasteiger partial charge in [-0.3, -0.25) is 14.3 Å². The largest absolute Gasteiger partial charge is 1.00 e. The smallest absolute Gasteiger partial charge is 0.748 e. The molecule has 1 aliphatic heterocycles. The molecule has 2 N–H and O–H groups in total. The fraction of sp³-hybridized carbons (Fsp3) is 0.840. The molecule has 1 atom stereocenters. The molecule has 0 aliphatic carbocycles. The number of carbonyl (C=O) groups is 1. The normalized spacial score (nSPS) is 15.1. The summed E-state index contributed by atoms with van der Waals surface area (Å²) in [5.74, 6) is -0.516. The summed E-state index contributed by atoms with van der Waals surface area (Å²) in [4.78, 5) is 14.6. The van der Waals surface area contributed by atoms with Gasteiger partial charge in [0.1, 0.15) is 32.3 Å². The zero-order valence-electron chi connectivity index (χ0n) is 22.0. The molecule has 0 aromatic rings. The molecule has 0 aromatic carbocycles. The van der Waals surface area contributed by atoms with Crippen LogP contribution in [0.15, 0.2) is 12.2 Å². The van der Waals surface area contributed by atoms with Crippen molar-refractivity contribution in [1.82, 2.24) is 4.90 Å². The summed E-state index contributed by atoms with van der Waals surface area (Å²) in [5, 5.41) is 19.3. The summed E-state index contributed by atoms with van der Waals surface area (Å²) in [6.45, 7) is 3.29. The monoisotopic (exact) mass is 525 g/mol. The van der Waals surface area contributed by atoms with Gasteiger partial charge in [0.25, 0.3) is 0 Å². The third-order valence-electron chi connectivity index (χ3n) is 6.08. The van der Waals surface area contributed by atoms with Crippen molar-refractivity contribution < 1.29 is 62.1 Å². The number of nitrogens with zero attached hydrogens (tertiary/aromatic N) is 2.